The van der Waals surface area contributed by atoms with Crippen LogP contribution < -0.4 is 5.32 Å². The Morgan fingerprint density at radius 1 is 1.12 bits per heavy atom. The maximum atomic E-state index is 12.5. The molecule has 0 unspecified atom stereocenters. The van der Waals surface area contributed by atoms with Gasteiger partial charge in [-0.15, -0.1) is 0 Å². The summed E-state index contributed by atoms with van der Waals surface area (Å²) in [6, 6.07) is 15.6. The predicted octanol–water partition coefficient (Wildman–Crippen LogP) is 3.26. The fraction of sp³-hybridized carbons (Fsp3) is 0.211. The number of imide groups is 1. The average Bonchev–Trinajstić information content (AvgIpc) is 2.98. The average molecular weight is 373 g/mol. The van der Waals surface area contributed by atoms with Gasteiger partial charge in [0, 0.05) is 10.7 Å². The Hall–Kier alpha value is -2.86. The van der Waals surface area contributed by atoms with Gasteiger partial charge in [0.05, 0.1) is 6.04 Å². The van der Waals surface area contributed by atoms with Gasteiger partial charge in [0.25, 0.3) is 0 Å². The van der Waals surface area contributed by atoms with Gasteiger partial charge in [0.15, 0.2) is 0 Å². The Kier molecular flexibility index (Phi) is 5.53. The molecule has 1 aliphatic rings. The monoisotopic (exact) mass is 372 g/mol. The molecular weight excluding hydrogens is 356 g/mol. The van der Waals surface area contributed by atoms with Crippen molar-refractivity contribution in [2.45, 2.75) is 18.9 Å². The number of carbonyl (C=O) groups is 3. The first kappa shape index (κ1) is 17.9. The van der Waals surface area contributed by atoms with Crippen LogP contribution in [0.1, 0.15) is 12.0 Å². The van der Waals surface area contributed by atoms with Crippen LogP contribution in [0.15, 0.2) is 54.6 Å². The molecule has 1 aliphatic heterocycles. The van der Waals surface area contributed by atoms with Crippen LogP contribution >= 0.6 is 11.6 Å². The highest BCUT2D eigenvalue weighted by molar-refractivity contribution is 6.30. The molecule has 1 fully saturated rings. The van der Waals surface area contributed by atoms with Gasteiger partial charge >= 0.3 is 6.09 Å². The predicted molar refractivity (Wildman–Crippen MR) is 96.8 cm³/mol. The lowest BCUT2D eigenvalue weighted by molar-refractivity contribution is -0.132. The fourth-order valence-corrected chi connectivity index (χ4v) is 2.89. The first-order valence-electron chi connectivity index (χ1n) is 8.11. The van der Waals surface area contributed by atoms with Gasteiger partial charge < -0.3 is 10.1 Å². The minimum absolute atomic E-state index is 0.123. The molecule has 0 radical (unpaired) electrons. The maximum Gasteiger partial charge on any atom is 0.416 e. The molecule has 7 heteroatoms. The highest BCUT2D eigenvalue weighted by Crippen LogP contribution is 2.19. The Labute approximate surface area is 155 Å². The molecule has 1 N–H and O–H groups in total. The summed E-state index contributed by atoms with van der Waals surface area (Å²) in [4.78, 5) is 37.5. The van der Waals surface area contributed by atoms with E-state index in [0.717, 1.165) is 10.5 Å². The van der Waals surface area contributed by atoms with Crippen LogP contribution in [-0.2, 0) is 20.7 Å². The fourth-order valence-electron chi connectivity index (χ4n) is 2.76. The second-order valence-corrected chi connectivity index (χ2v) is 6.35. The molecule has 0 aromatic heterocycles. The molecule has 0 spiro atoms. The molecule has 3 rings (SSSR count). The molecule has 1 saturated heterocycles. The van der Waals surface area contributed by atoms with E-state index >= 15 is 0 Å². The number of halogens is 1. The summed E-state index contributed by atoms with van der Waals surface area (Å²) in [5, 5.41) is 3.15. The van der Waals surface area contributed by atoms with E-state index in [1.807, 2.05) is 30.3 Å². The van der Waals surface area contributed by atoms with Crippen molar-refractivity contribution in [3.8, 4) is 0 Å². The quantitative estimate of drug-likeness (QED) is 0.817. The van der Waals surface area contributed by atoms with E-state index in [1.165, 1.54) is 0 Å². The lowest BCUT2D eigenvalue weighted by atomic mass is 10.1. The lowest BCUT2D eigenvalue weighted by Gasteiger charge is -2.19. The van der Waals surface area contributed by atoms with Crippen LogP contribution in [0.25, 0.3) is 0 Å². The first-order valence-corrected chi connectivity index (χ1v) is 8.49. The minimum Gasteiger partial charge on any atom is -0.447 e. The molecule has 3 amide bonds. The van der Waals surface area contributed by atoms with Gasteiger partial charge in [0.1, 0.15) is 13.0 Å². The third-order valence-electron chi connectivity index (χ3n) is 3.98. The summed E-state index contributed by atoms with van der Waals surface area (Å²) in [6.07, 6.45) is -0.671. The van der Waals surface area contributed by atoms with E-state index in [2.05, 4.69) is 5.32 Å². The van der Waals surface area contributed by atoms with Gasteiger partial charge in [0.2, 0.25) is 11.8 Å². The number of hydrogen-bond donors (Lipinski definition) is 1. The third-order valence-corrected chi connectivity index (χ3v) is 4.24. The Morgan fingerprint density at radius 3 is 2.50 bits per heavy atom. The normalized spacial score (nSPS) is 16.3. The van der Waals surface area contributed by atoms with Crippen LogP contribution in [0.3, 0.4) is 0 Å². The second kappa shape index (κ2) is 8.01. The topological polar surface area (TPSA) is 75.7 Å². The number of benzene rings is 2. The summed E-state index contributed by atoms with van der Waals surface area (Å²) >= 11 is 5.79. The van der Waals surface area contributed by atoms with Crippen molar-refractivity contribution in [2.75, 3.05) is 11.9 Å². The molecule has 0 saturated carbocycles. The van der Waals surface area contributed by atoms with Crippen LogP contribution in [0.5, 0.6) is 0 Å². The van der Waals surface area contributed by atoms with Crippen LogP contribution in [-0.4, -0.2) is 35.5 Å². The van der Waals surface area contributed by atoms with Crippen LogP contribution in [0.2, 0.25) is 5.02 Å². The third kappa shape index (κ3) is 4.40. The number of amides is 3. The number of ether oxygens (including phenoxy) is 1. The van der Waals surface area contributed by atoms with Crippen molar-refractivity contribution in [3.63, 3.8) is 0 Å². The molecule has 1 atom stereocenters. The zero-order chi connectivity index (χ0) is 18.5. The molecular formula is C19H17ClN2O4. The summed E-state index contributed by atoms with van der Waals surface area (Å²) < 4.78 is 5.00. The number of hydrogen-bond acceptors (Lipinski definition) is 4. The zero-order valence-electron chi connectivity index (χ0n) is 13.9. The number of rotatable bonds is 5. The number of nitrogens with one attached hydrogen (secondary N) is 1. The number of anilines is 1. The van der Waals surface area contributed by atoms with E-state index in [1.54, 1.807) is 24.3 Å². The summed E-state index contributed by atoms with van der Waals surface area (Å²) in [7, 11) is 0. The molecule has 26 heavy (non-hydrogen) atoms. The van der Waals surface area contributed by atoms with Gasteiger partial charge in [-0.3, -0.25) is 9.59 Å². The minimum atomic E-state index is -0.713. The standard InChI is InChI=1S/C19H17ClN2O4/c20-14-6-8-15(9-7-14)21-17(23)11-18(24)22-16(12-26-19(22)25)10-13-4-2-1-3-5-13/h1-9,16H,10-12H2,(H,21,23)/t16-/m0/s1. The summed E-state index contributed by atoms with van der Waals surface area (Å²) in [5.74, 6) is -1.09. The smallest absolute Gasteiger partial charge is 0.416 e. The molecule has 134 valence electrons. The van der Waals surface area contributed by atoms with E-state index < -0.39 is 30.4 Å². The zero-order valence-corrected chi connectivity index (χ0v) is 14.6. The van der Waals surface area contributed by atoms with Crippen LogP contribution in [0.4, 0.5) is 10.5 Å². The number of nitrogens with zero attached hydrogens (tertiary/aromatic N) is 1. The van der Waals surface area contributed by atoms with E-state index in [0.29, 0.717) is 17.1 Å². The second-order valence-electron chi connectivity index (χ2n) is 5.92. The van der Waals surface area contributed by atoms with Gasteiger partial charge in [-0.25, -0.2) is 9.69 Å². The number of carbonyl (C=O) groups excluding carboxylic acids is 3. The first-order chi connectivity index (χ1) is 12.5. The van der Waals surface area contributed by atoms with E-state index in [4.69, 9.17) is 16.3 Å². The largest absolute Gasteiger partial charge is 0.447 e. The van der Waals surface area contributed by atoms with Gasteiger partial charge in [-0.2, -0.15) is 0 Å². The van der Waals surface area contributed by atoms with Gasteiger partial charge in [-0.05, 0) is 36.2 Å². The highest BCUT2D eigenvalue weighted by Gasteiger charge is 2.38. The van der Waals surface area contributed by atoms with Crippen molar-refractivity contribution in [3.05, 3.63) is 65.2 Å². The van der Waals surface area contributed by atoms with E-state index in [-0.39, 0.29) is 6.61 Å². The summed E-state index contributed by atoms with van der Waals surface area (Å²) in [5.41, 5.74) is 1.51. The Balaban J connectivity index is 1.62. The molecule has 0 aliphatic carbocycles. The highest BCUT2D eigenvalue weighted by atomic mass is 35.5. The number of cyclic esters (lactones) is 1. The maximum absolute atomic E-state index is 12.5. The van der Waals surface area contributed by atoms with Crippen LogP contribution in [0, 0.1) is 0 Å². The van der Waals surface area contributed by atoms with Crippen molar-refractivity contribution in [2.24, 2.45) is 0 Å². The van der Waals surface area contributed by atoms with Crippen molar-refractivity contribution >= 4 is 35.2 Å². The van der Waals surface area contributed by atoms with Crippen molar-refractivity contribution in [1.29, 1.82) is 0 Å². The molecule has 1 heterocycles. The Morgan fingerprint density at radius 2 is 1.81 bits per heavy atom. The molecule has 2 aromatic carbocycles. The van der Waals surface area contributed by atoms with E-state index in [9.17, 15) is 14.4 Å². The van der Waals surface area contributed by atoms with Gasteiger partial charge in [-0.1, -0.05) is 41.9 Å². The Bertz CT molecular complexity index is 808. The summed E-state index contributed by atoms with van der Waals surface area (Å²) in [6.45, 7) is 0.123. The lowest BCUT2D eigenvalue weighted by Crippen LogP contribution is -2.41. The SMILES string of the molecule is O=C(CC(=O)N1C(=O)OC[C@@H]1Cc1ccccc1)Nc1ccc(Cl)cc1. The molecule has 2 aromatic rings. The molecule has 0 bridgehead atoms. The molecule has 6 nitrogen and oxygen atoms in total. The van der Waals surface area contributed by atoms with Crippen molar-refractivity contribution < 1.29 is 19.1 Å². The van der Waals surface area contributed by atoms with Crippen molar-refractivity contribution in [1.82, 2.24) is 4.90 Å².